The number of para-hydroxylation sites is 1. The maximum Gasteiger partial charge on any atom is 0.277 e. The maximum absolute atomic E-state index is 12.2. The highest BCUT2D eigenvalue weighted by atomic mass is 16.2. The second kappa shape index (κ2) is 4.89. The molecule has 0 saturated heterocycles. The first-order valence-electron chi connectivity index (χ1n) is 5.57. The van der Waals surface area contributed by atoms with Gasteiger partial charge in [0.05, 0.1) is 0 Å². The first kappa shape index (κ1) is 12.1. The molecule has 0 aliphatic carbocycles. The summed E-state index contributed by atoms with van der Waals surface area (Å²) in [6.45, 7) is 0.481. The predicted octanol–water partition coefficient (Wildman–Crippen LogP) is 0.462. The molecule has 2 aromatic rings. The van der Waals surface area contributed by atoms with Crippen LogP contribution in [-0.2, 0) is 0 Å². The smallest absolute Gasteiger partial charge is 0.277 e. The SMILES string of the molecule is N=C(N)N(CCN)C(=O)c1cc2ccccc2[nH]1. The molecule has 0 bridgehead atoms. The van der Waals surface area contributed by atoms with Crippen LogP contribution in [0.25, 0.3) is 10.9 Å². The number of carbonyl (C=O) groups is 1. The van der Waals surface area contributed by atoms with E-state index in [0.717, 1.165) is 15.8 Å². The number of rotatable bonds is 3. The number of aromatic nitrogens is 1. The molecule has 0 aliphatic heterocycles. The summed E-state index contributed by atoms with van der Waals surface area (Å²) < 4.78 is 0. The summed E-state index contributed by atoms with van der Waals surface area (Å²) in [4.78, 5) is 16.3. The zero-order chi connectivity index (χ0) is 13.1. The first-order chi connectivity index (χ1) is 8.63. The predicted molar refractivity (Wildman–Crippen MR) is 70.3 cm³/mol. The average Bonchev–Trinajstić information content (AvgIpc) is 2.78. The number of guanidine groups is 1. The van der Waals surface area contributed by atoms with E-state index in [4.69, 9.17) is 16.9 Å². The number of hydrogen-bond donors (Lipinski definition) is 4. The standard InChI is InChI=1S/C12H15N5O/c13-5-6-17(12(14)15)11(18)10-7-8-3-1-2-4-9(8)16-10/h1-4,7,16H,5-6,13H2,(H3,14,15). The minimum Gasteiger partial charge on any atom is -0.370 e. The number of amides is 1. The number of aromatic amines is 1. The van der Waals surface area contributed by atoms with Gasteiger partial charge in [-0.3, -0.25) is 15.1 Å². The van der Waals surface area contributed by atoms with Gasteiger partial charge in [0.1, 0.15) is 5.69 Å². The highest BCUT2D eigenvalue weighted by Crippen LogP contribution is 2.15. The lowest BCUT2D eigenvalue weighted by Crippen LogP contribution is -2.44. The summed E-state index contributed by atoms with van der Waals surface area (Å²) in [7, 11) is 0. The molecule has 1 aromatic carbocycles. The average molecular weight is 245 g/mol. The summed E-state index contributed by atoms with van der Waals surface area (Å²) in [5.74, 6) is -0.645. The number of carbonyl (C=O) groups excluding carboxylic acids is 1. The Bertz CT molecular complexity index is 556. The Hall–Kier alpha value is -2.34. The van der Waals surface area contributed by atoms with Crippen LogP contribution >= 0.6 is 0 Å². The topological polar surface area (TPSA) is 112 Å². The van der Waals surface area contributed by atoms with Gasteiger partial charge in [-0.15, -0.1) is 0 Å². The summed E-state index contributed by atoms with van der Waals surface area (Å²) in [5.41, 5.74) is 12.1. The Kier molecular flexibility index (Phi) is 3.29. The van der Waals surface area contributed by atoms with Crippen LogP contribution in [0.5, 0.6) is 0 Å². The number of nitrogens with zero attached hydrogens (tertiary/aromatic N) is 1. The van der Waals surface area contributed by atoms with Crippen LogP contribution in [0.4, 0.5) is 0 Å². The van der Waals surface area contributed by atoms with E-state index in [1.807, 2.05) is 24.3 Å². The summed E-state index contributed by atoms with van der Waals surface area (Å²) in [5, 5.41) is 8.32. The number of fused-ring (bicyclic) bond motifs is 1. The first-order valence-corrected chi connectivity index (χ1v) is 5.57. The number of H-pyrrole nitrogens is 1. The second-order valence-corrected chi connectivity index (χ2v) is 3.90. The van der Waals surface area contributed by atoms with Gasteiger partial charge in [0, 0.05) is 24.0 Å². The minimum atomic E-state index is -0.343. The second-order valence-electron chi connectivity index (χ2n) is 3.90. The Morgan fingerprint density at radius 1 is 1.39 bits per heavy atom. The van der Waals surface area contributed by atoms with E-state index in [1.165, 1.54) is 0 Å². The lowest BCUT2D eigenvalue weighted by atomic mass is 10.2. The van der Waals surface area contributed by atoms with E-state index in [1.54, 1.807) is 6.07 Å². The van der Waals surface area contributed by atoms with Crippen LogP contribution < -0.4 is 11.5 Å². The molecule has 2 rings (SSSR count). The fourth-order valence-electron chi connectivity index (χ4n) is 1.79. The van der Waals surface area contributed by atoms with Gasteiger partial charge in [-0.2, -0.15) is 0 Å². The van der Waals surface area contributed by atoms with Crippen LogP contribution in [0.15, 0.2) is 30.3 Å². The molecular weight excluding hydrogens is 230 g/mol. The van der Waals surface area contributed by atoms with Crippen molar-refractivity contribution in [2.75, 3.05) is 13.1 Å². The maximum atomic E-state index is 12.2. The van der Waals surface area contributed by atoms with Crippen molar-refractivity contribution in [3.05, 3.63) is 36.0 Å². The zero-order valence-corrected chi connectivity index (χ0v) is 9.81. The molecule has 0 radical (unpaired) electrons. The van der Waals surface area contributed by atoms with E-state index in [0.29, 0.717) is 5.69 Å². The highest BCUT2D eigenvalue weighted by molar-refractivity contribution is 6.05. The van der Waals surface area contributed by atoms with E-state index in [9.17, 15) is 4.79 Å². The van der Waals surface area contributed by atoms with Crippen LogP contribution in [0.3, 0.4) is 0 Å². The summed E-state index contributed by atoms with van der Waals surface area (Å²) in [6.07, 6.45) is 0. The molecule has 6 heteroatoms. The Morgan fingerprint density at radius 3 is 2.72 bits per heavy atom. The third-order valence-corrected chi connectivity index (χ3v) is 2.65. The fraction of sp³-hybridized carbons (Fsp3) is 0.167. The van der Waals surface area contributed by atoms with Crippen LogP contribution in [0.2, 0.25) is 0 Å². The monoisotopic (exact) mass is 245 g/mol. The van der Waals surface area contributed by atoms with Crippen molar-refractivity contribution in [2.24, 2.45) is 11.5 Å². The van der Waals surface area contributed by atoms with E-state index < -0.39 is 0 Å². The van der Waals surface area contributed by atoms with Crippen LogP contribution in [-0.4, -0.2) is 34.8 Å². The molecule has 1 heterocycles. The van der Waals surface area contributed by atoms with Gasteiger partial charge in [0.25, 0.3) is 5.91 Å². The molecular formula is C12H15N5O. The van der Waals surface area contributed by atoms with Crippen molar-refractivity contribution >= 4 is 22.8 Å². The molecule has 6 N–H and O–H groups in total. The number of nitrogens with two attached hydrogens (primary N) is 2. The van der Waals surface area contributed by atoms with Gasteiger partial charge >= 0.3 is 0 Å². The number of benzene rings is 1. The zero-order valence-electron chi connectivity index (χ0n) is 9.81. The molecule has 94 valence electrons. The molecule has 0 saturated carbocycles. The molecule has 1 aromatic heterocycles. The molecule has 0 unspecified atom stereocenters. The Balaban J connectivity index is 2.34. The molecule has 0 aliphatic rings. The van der Waals surface area contributed by atoms with Gasteiger partial charge in [-0.25, -0.2) is 0 Å². The van der Waals surface area contributed by atoms with Gasteiger partial charge < -0.3 is 16.5 Å². The molecule has 6 nitrogen and oxygen atoms in total. The van der Waals surface area contributed by atoms with Crippen LogP contribution in [0, 0.1) is 5.41 Å². The van der Waals surface area contributed by atoms with Gasteiger partial charge in [-0.05, 0) is 12.1 Å². The summed E-state index contributed by atoms with van der Waals surface area (Å²) in [6, 6.07) is 9.31. The minimum absolute atomic E-state index is 0.226. The quantitative estimate of drug-likeness (QED) is 0.465. The lowest BCUT2D eigenvalue weighted by molar-refractivity contribution is 0.0843. The third kappa shape index (κ3) is 2.18. The van der Waals surface area contributed by atoms with Gasteiger partial charge in [-0.1, -0.05) is 18.2 Å². The summed E-state index contributed by atoms with van der Waals surface area (Å²) >= 11 is 0. The van der Waals surface area contributed by atoms with Crippen molar-refractivity contribution in [2.45, 2.75) is 0 Å². The molecule has 18 heavy (non-hydrogen) atoms. The van der Waals surface area contributed by atoms with E-state index in [2.05, 4.69) is 4.98 Å². The van der Waals surface area contributed by atoms with Crippen molar-refractivity contribution in [1.29, 1.82) is 5.41 Å². The molecule has 0 spiro atoms. The lowest BCUT2D eigenvalue weighted by Gasteiger charge is -2.18. The van der Waals surface area contributed by atoms with Crippen molar-refractivity contribution in [3.63, 3.8) is 0 Å². The molecule has 0 atom stereocenters. The highest BCUT2D eigenvalue weighted by Gasteiger charge is 2.19. The van der Waals surface area contributed by atoms with Crippen molar-refractivity contribution in [3.8, 4) is 0 Å². The fourth-order valence-corrected chi connectivity index (χ4v) is 1.79. The van der Waals surface area contributed by atoms with E-state index >= 15 is 0 Å². The van der Waals surface area contributed by atoms with Crippen molar-refractivity contribution < 1.29 is 4.79 Å². The third-order valence-electron chi connectivity index (χ3n) is 2.65. The largest absolute Gasteiger partial charge is 0.370 e. The number of nitrogens with one attached hydrogen (secondary N) is 2. The van der Waals surface area contributed by atoms with E-state index in [-0.39, 0.29) is 25.0 Å². The van der Waals surface area contributed by atoms with Crippen LogP contribution in [0.1, 0.15) is 10.5 Å². The van der Waals surface area contributed by atoms with Gasteiger partial charge in [0.2, 0.25) is 0 Å². The number of hydrogen-bond acceptors (Lipinski definition) is 3. The Labute approximate surface area is 104 Å². The normalized spacial score (nSPS) is 10.5. The van der Waals surface area contributed by atoms with Crippen molar-refractivity contribution in [1.82, 2.24) is 9.88 Å². The van der Waals surface area contributed by atoms with Gasteiger partial charge in [0.15, 0.2) is 5.96 Å². The Morgan fingerprint density at radius 2 is 2.11 bits per heavy atom. The molecule has 1 amide bonds. The molecule has 0 fully saturated rings.